The summed E-state index contributed by atoms with van der Waals surface area (Å²) in [4.78, 5) is 11.0. The van der Waals surface area contributed by atoms with Crippen molar-refractivity contribution in [3.8, 4) is 17.2 Å². The van der Waals surface area contributed by atoms with E-state index in [-0.39, 0.29) is 18.4 Å². The summed E-state index contributed by atoms with van der Waals surface area (Å²) in [7, 11) is 1.58. The summed E-state index contributed by atoms with van der Waals surface area (Å²) >= 11 is 0. The molecule has 204 valence electrons. The fraction of sp³-hybridized carbons (Fsp3) is 0.462. The zero-order valence-corrected chi connectivity index (χ0v) is 20.9. The third-order valence-electron chi connectivity index (χ3n) is 6.28. The molecule has 2 aromatic carbocycles. The third-order valence-corrected chi connectivity index (χ3v) is 6.28. The molecule has 3 aromatic rings. The van der Waals surface area contributed by atoms with Crippen LogP contribution in [-0.2, 0) is 15.7 Å². The second kappa shape index (κ2) is 11.6. The molecule has 3 heterocycles. The zero-order valence-electron chi connectivity index (χ0n) is 20.9. The molecule has 1 fully saturated rings. The highest BCUT2D eigenvalue weighted by atomic mass is 19.4. The number of morpholine rings is 1. The van der Waals surface area contributed by atoms with Gasteiger partial charge in [-0.15, -0.1) is 0 Å². The molecule has 0 spiro atoms. The minimum Gasteiger partial charge on any atom is -0.489 e. The molecule has 1 N–H and O–H groups in total. The van der Waals surface area contributed by atoms with Crippen molar-refractivity contribution in [3.63, 3.8) is 0 Å². The van der Waals surface area contributed by atoms with Crippen molar-refractivity contribution < 1.29 is 36.9 Å². The van der Waals surface area contributed by atoms with E-state index in [1.54, 1.807) is 13.2 Å². The van der Waals surface area contributed by atoms with Crippen LogP contribution in [0.25, 0.3) is 10.9 Å². The molecule has 0 saturated carbocycles. The van der Waals surface area contributed by atoms with E-state index < -0.39 is 11.7 Å². The molecular weight excluding hydrogens is 505 g/mol. The van der Waals surface area contributed by atoms with Gasteiger partial charge >= 0.3 is 6.18 Å². The Labute approximate surface area is 217 Å². The largest absolute Gasteiger partial charge is 0.489 e. The minimum absolute atomic E-state index is 0.217. The lowest BCUT2D eigenvalue weighted by molar-refractivity contribution is -0.137. The molecule has 0 bridgehead atoms. The van der Waals surface area contributed by atoms with Crippen molar-refractivity contribution in [3.05, 3.63) is 42.2 Å². The predicted octanol–water partition coefficient (Wildman–Crippen LogP) is 4.28. The van der Waals surface area contributed by atoms with Gasteiger partial charge in [-0.25, -0.2) is 9.97 Å². The molecule has 12 heteroatoms. The van der Waals surface area contributed by atoms with Gasteiger partial charge in [-0.2, -0.15) is 13.2 Å². The average Bonchev–Trinajstić information content (AvgIpc) is 2.91. The average molecular weight is 535 g/mol. The summed E-state index contributed by atoms with van der Waals surface area (Å²) < 4.78 is 68.8. The van der Waals surface area contributed by atoms with E-state index in [9.17, 15) is 13.2 Å². The van der Waals surface area contributed by atoms with E-state index in [2.05, 4.69) is 20.2 Å². The lowest BCUT2D eigenvalue weighted by Crippen LogP contribution is -2.37. The lowest BCUT2D eigenvalue weighted by Gasteiger charge is -2.29. The van der Waals surface area contributed by atoms with Gasteiger partial charge in [-0.3, -0.25) is 4.90 Å². The molecule has 2 aliphatic rings. The first kappa shape index (κ1) is 26.3. The van der Waals surface area contributed by atoms with Gasteiger partial charge in [0.05, 0.1) is 42.9 Å². The lowest BCUT2D eigenvalue weighted by atomic mass is 10.1. The summed E-state index contributed by atoms with van der Waals surface area (Å²) in [6.07, 6.45) is -2.68. The molecule has 5 rings (SSSR count). The fourth-order valence-electron chi connectivity index (χ4n) is 4.45. The summed E-state index contributed by atoms with van der Waals surface area (Å²) in [5.41, 5.74) is -0.0335. The van der Waals surface area contributed by atoms with Crippen LogP contribution in [0.4, 0.5) is 24.7 Å². The number of alkyl halides is 3. The van der Waals surface area contributed by atoms with Crippen molar-refractivity contribution in [2.24, 2.45) is 0 Å². The molecule has 9 nitrogen and oxygen atoms in total. The molecule has 38 heavy (non-hydrogen) atoms. The molecular formula is C26H29F3N4O5. The third kappa shape index (κ3) is 6.03. The van der Waals surface area contributed by atoms with Crippen LogP contribution in [0.2, 0.25) is 0 Å². The van der Waals surface area contributed by atoms with Crippen molar-refractivity contribution in [1.29, 1.82) is 0 Å². The smallest absolute Gasteiger partial charge is 0.416 e. The van der Waals surface area contributed by atoms with Gasteiger partial charge in [0.15, 0.2) is 17.6 Å². The Morgan fingerprint density at radius 2 is 1.97 bits per heavy atom. The number of rotatable bonds is 9. The SMILES string of the molecule is COCC1COc2c(c(OCCCN3CCOCC3)cc3ncnc(Nc4cccc(C(F)(F)F)c4)c23)O1. The van der Waals surface area contributed by atoms with Gasteiger partial charge in [-0.05, 0) is 24.6 Å². The maximum Gasteiger partial charge on any atom is 0.416 e. The number of halogens is 3. The van der Waals surface area contributed by atoms with Crippen LogP contribution in [0, 0.1) is 0 Å². The number of anilines is 2. The van der Waals surface area contributed by atoms with Gasteiger partial charge in [0.2, 0.25) is 5.75 Å². The number of hydrogen-bond acceptors (Lipinski definition) is 9. The van der Waals surface area contributed by atoms with Crippen LogP contribution >= 0.6 is 0 Å². The van der Waals surface area contributed by atoms with E-state index >= 15 is 0 Å². The maximum atomic E-state index is 13.2. The Morgan fingerprint density at radius 1 is 1.13 bits per heavy atom. The Morgan fingerprint density at radius 3 is 2.76 bits per heavy atom. The highest BCUT2D eigenvalue weighted by Crippen LogP contribution is 2.48. The number of methoxy groups -OCH3 is 1. The topological polar surface area (TPSA) is 87.2 Å². The van der Waals surface area contributed by atoms with Crippen LogP contribution < -0.4 is 19.5 Å². The van der Waals surface area contributed by atoms with E-state index in [1.807, 2.05) is 0 Å². The van der Waals surface area contributed by atoms with Crippen molar-refractivity contribution >= 4 is 22.4 Å². The van der Waals surface area contributed by atoms with Crippen molar-refractivity contribution in [2.45, 2.75) is 18.7 Å². The van der Waals surface area contributed by atoms with Gasteiger partial charge in [0, 0.05) is 38.5 Å². The van der Waals surface area contributed by atoms with Crippen LogP contribution in [0.5, 0.6) is 17.2 Å². The number of nitrogens with one attached hydrogen (secondary N) is 1. The number of nitrogens with zero attached hydrogens (tertiary/aromatic N) is 3. The van der Waals surface area contributed by atoms with Crippen LogP contribution in [0.15, 0.2) is 36.7 Å². The molecule has 0 aliphatic carbocycles. The Bertz CT molecular complexity index is 1250. The standard InChI is InChI=1S/C26H29F3N4O5/c1-34-14-19-15-37-24-22-20(13-21(23(24)38-19)36-9-3-6-33-7-10-35-11-8-33)30-16-31-25(22)32-18-5-2-4-17(12-18)26(27,28)29/h2,4-5,12-13,16,19H,3,6-11,14-15H2,1H3,(H,30,31,32). The molecule has 1 saturated heterocycles. The monoisotopic (exact) mass is 534 g/mol. The Hall–Kier alpha value is -3.35. The molecule has 1 atom stereocenters. The zero-order chi connectivity index (χ0) is 26.5. The first-order valence-corrected chi connectivity index (χ1v) is 12.4. The number of benzene rings is 2. The first-order valence-electron chi connectivity index (χ1n) is 12.4. The van der Waals surface area contributed by atoms with Crippen molar-refractivity contribution in [1.82, 2.24) is 14.9 Å². The van der Waals surface area contributed by atoms with E-state index in [0.29, 0.717) is 47.2 Å². The van der Waals surface area contributed by atoms with Crippen LogP contribution in [0.1, 0.15) is 12.0 Å². The van der Waals surface area contributed by atoms with Crippen LogP contribution in [0.3, 0.4) is 0 Å². The summed E-state index contributed by atoms with van der Waals surface area (Å²) in [5.74, 6) is 1.52. The van der Waals surface area contributed by atoms with Crippen molar-refractivity contribution in [2.75, 3.05) is 65.1 Å². The molecule has 0 radical (unpaired) electrons. The predicted molar refractivity (Wildman–Crippen MR) is 133 cm³/mol. The maximum absolute atomic E-state index is 13.2. The molecule has 1 aromatic heterocycles. The summed E-state index contributed by atoms with van der Waals surface area (Å²) in [6, 6.07) is 6.65. The molecule has 1 unspecified atom stereocenters. The summed E-state index contributed by atoms with van der Waals surface area (Å²) in [5, 5.41) is 3.47. The van der Waals surface area contributed by atoms with E-state index in [1.165, 1.54) is 18.5 Å². The number of hydrogen-bond donors (Lipinski definition) is 1. The number of ether oxygens (including phenoxy) is 5. The normalized spacial score (nSPS) is 17.9. The van der Waals surface area contributed by atoms with Crippen LogP contribution in [-0.4, -0.2) is 80.8 Å². The Balaban J connectivity index is 1.43. The number of fused-ring (bicyclic) bond motifs is 3. The molecule has 2 aliphatic heterocycles. The highest BCUT2D eigenvalue weighted by molar-refractivity contribution is 5.99. The molecule has 0 amide bonds. The second-order valence-electron chi connectivity index (χ2n) is 9.02. The van der Waals surface area contributed by atoms with Gasteiger partial charge in [0.1, 0.15) is 18.8 Å². The quantitative estimate of drug-likeness (QED) is 0.404. The van der Waals surface area contributed by atoms with Gasteiger partial charge < -0.3 is 29.0 Å². The number of aromatic nitrogens is 2. The van der Waals surface area contributed by atoms with E-state index in [4.69, 9.17) is 23.7 Å². The second-order valence-corrected chi connectivity index (χ2v) is 9.02. The van der Waals surface area contributed by atoms with E-state index in [0.717, 1.165) is 51.4 Å². The first-order chi connectivity index (χ1) is 18.4. The summed E-state index contributed by atoms with van der Waals surface area (Å²) in [6.45, 7) is 5.15. The van der Waals surface area contributed by atoms with Gasteiger partial charge in [-0.1, -0.05) is 6.07 Å². The minimum atomic E-state index is -4.47. The van der Waals surface area contributed by atoms with Gasteiger partial charge in [0.25, 0.3) is 0 Å². The Kier molecular flexibility index (Phi) is 8.01. The fourth-order valence-corrected chi connectivity index (χ4v) is 4.45. The highest BCUT2D eigenvalue weighted by Gasteiger charge is 2.31.